The summed E-state index contributed by atoms with van der Waals surface area (Å²) in [5.74, 6) is -15.3. The molecule has 7 rings (SSSR count). The number of carboxylic acids is 1. The van der Waals surface area contributed by atoms with Gasteiger partial charge in [-0.2, -0.15) is 0 Å². The molecule has 1 aromatic carbocycles. The summed E-state index contributed by atoms with van der Waals surface area (Å²) >= 11 is 0. The maximum atomic E-state index is 15.5. The number of nitrogens with one attached hydrogen (secondary N) is 23. The monoisotopic (exact) mass is 2070 g/mol. The zero-order valence-electron chi connectivity index (χ0n) is 84.8. The Bertz CT molecular complexity index is 4750. The lowest BCUT2D eigenvalue weighted by Crippen LogP contribution is -2.61. The van der Waals surface area contributed by atoms with Crippen molar-refractivity contribution in [3.05, 3.63) is 35.9 Å². The first-order valence-electron chi connectivity index (χ1n) is 51.1. The van der Waals surface area contributed by atoms with Gasteiger partial charge < -0.3 is 165 Å². The third-order valence-corrected chi connectivity index (χ3v) is 27.0. The highest BCUT2D eigenvalue weighted by Gasteiger charge is 2.49. The summed E-state index contributed by atoms with van der Waals surface area (Å²) in [4.78, 5) is 243. The van der Waals surface area contributed by atoms with Gasteiger partial charge in [0.15, 0.2) is 41.7 Å². The van der Waals surface area contributed by atoms with Gasteiger partial charge in [0.05, 0.1) is 6.04 Å². The van der Waals surface area contributed by atoms with Crippen molar-refractivity contribution >= 4 is 136 Å². The Kier molecular flexibility index (Phi) is 49.2. The van der Waals surface area contributed by atoms with Crippen LogP contribution >= 0.6 is 0 Å². The average Bonchev–Trinajstić information content (AvgIpc) is 1.68. The van der Waals surface area contributed by atoms with E-state index in [1.54, 1.807) is 58.0 Å². The number of hydrogen-bond acceptors (Lipinski definition) is 24. The topological polar surface area (TPSA) is 880 Å². The summed E-state index contributed by atoms with van der Waals surface area (Å²) in [6.45, 7) is 8.22. The van der Waals surface area contributed by atoms with Crippen molar-refractivity contribution in [2.45, 2.75) is 311 Å². The first kappa shape index (κ1) is 120. The molecule has 0 aromatic heterocycles. The number of hydrogen-bond donors (Lipinski definition) is 32. The number of carbonyl (C=O) groups excluding carboxylic acids is 15. The fraction of sp³-hybridized carbons (Fsp3) is 0.688. The molecule has 0 bridgehead atoms. The molecule has 6 heterocycles. The van der Waals surface area contributed by atoms with Crippen LogP contribution in [0.15, 0.2) is 30.3 Å². The number of amides is 15. The second kappa shape index (κ2) is 60.5. The molecule has 6 aliphatic heterocycles. The highest BCUT2D eigenvalue weighted by molar-refractivity contribution is 6.02. The molecule has 1 aromatic rings. The SMILES string of the molecule is CC[C@H](C)[C@H](NC(=O)[C@H](CCCNC(=N)N)NC(=O)[C@@H](N)CCCNC(=N)N)C(=O)N[C@@H](CCCNC(=N)N)C(=O)N1CCC[C@H]1C(=O)N[C@@H](Cc1ccccc1)C(=O)N1CCC[C@H]1C(=O)N1CCC[C@H]1C(=O)N[C@@H](CCCNC(=N)N)C(=O)N[C@@H](CC(C)C)C(=O)N1CCC[C@H]1C(=O)N[C@@H](CCCNC(=N)N)C(=O)N1CCC[C@H]1C(=O)N[C@@H](CCCNC(=N)N)C(=O)N1CCC[C@H]1C(=O)N[C@@H](CCCNC(=N)N)C(=O)O. The molecule has 818 valence electrons. The third-order valence-electron chi connectivity index (χ3n) is 27.0. The highest BCUT2D eigenvalue weighted by Crippen LogP contribution is 2.31. The fourth-order valence-electron chi connectivity index (χ4n) is 19.3. The first-order chi connectivity index (χ1) is 69.9. The van der Waals surface area contributed by atoms with E-state index in [1.165, 1.54) is 29.4 Å². The summed E-state index contributed by atoms with van der Waals surface area (Å²) in [6, 6.07) is -11.5. The standard InChI is InChI=1S/C93H159N37O17/c1-5-53(4)70(124-73(133)57(26-11-39-111-89(99)100)116-71(131)55(94)24-9-37-109-87(95)96)79(139)120-60(29-14-42-114-92(105)106)82(142)127-46-18-34-67(127)78(138)123-63(51-54-22-7-6-8-23-54)84(144)130-49-21-36-69(130)85(145)129-48-20-35-68(129)74(134)117-56(25-10-38-110-88(97)98)72(132)122-62(50-52(2)3)83(143)128-47-19-32-65(128)76(136)119-58(27-12-40-112-90(101)102)80(140)125-44-16-31-64(125)75(135)118-59(28-13-41-113-91(103)104)81(141)126-45-17-33-66(126)77(137)121-61(86(146)147)30-15-43-115-93(107)108/h6-8,22-23,52-53,55-70H,5,9-21,24-51,94H2,1-4H3,(H,116,131)(H,117,134)(H,118,135)(H,119,136)(H,120,139)(H,121,137)(H,122,132)(H,123,138)(H,124,133)(H,146,147)(H4,95,96,109)(H4,97,98,110)(H4,99,100,111)(H4,101,102,112)(H4,103,104,113)(H4,105,106,114)(H4,107,108,115)/t53-,55-,56-,57-,58-,59-,60-,61-,62-,63-,64-,65-,66-,67-,68-,69-,70-/m0/s1. The number of nitrogens with two attached hydrogens (primary N) is 8. The molecule has 54 heteroatoms. The molecule has 0 radical (unpaired) electrons. The van der Waals surface area contributed by atoms with E-state index in [-0.39, 0.29) is 268 Å². The Morgan fingerprint density at radius 2 is 0.592 bits per heavy atom. The van der Waals surface area contributed by atoms with Gasteiger partial charge >= 0.3 is 5.97 Å². The van der Waals surface area contributed by atoms with Crippen LogP contribution in [0.1, 0.15) is 213 Å². The molecule has 54 nitrogen and oxygen atoms in total. The number of nitrogens with zero attached hydrogens (tertiary/aromatic N) is 6. The minimum atomic E-state index is -1.41. The minimum absolute atomic E-state index is 0.00300. The van der Waals surface area contributed by atoms with E-state index in [2.05, 4.69) is 85.1 Å². The van der Waals surface area contributed by atoms with Gasteiger partial charge in [-0.25, -0.2) is 4.79 Å². The molecule has 6 saturated heterocycles. The van der Waals surface area contributed by atoms with Crippen molar-refractivity contribution in [3.8, 4) is 0 Å². The lowest BCUT2D eigenvalue weighted by Gasteiger charge is -2.34. The van der Waals surface area contributed by atoms with E-state index >= 15 is 43.2 Å². The van der Waals surface area contributed by atoms with E-state index in [1.807, 2.05) is 0 Å². The number of likely N-dealkylation sites (tertiary alicyclic amines) is 6. The van der Waals surface area contributed by atoms with E-state index in [9.17, 15) is 38.7 Å². The summed E-state index contributed by atoms with van der Waals surface area (Å²) in [7, 11) is 0. The second-order valence-corrected chi connectivity index (χ2v) is 38.6. The molecule has 17 atom stereocenters. The molecule has 0 aliphatic carbocycles. The molecule has 0 spiro atoms. The lowest BCUT2D eigenvalue weighted by molar-refractivity contribution is -0.148. The number of aliphatic carboxylic acids is 1. The molecular formula is C93H159N37O17. The van der Waals surface area contributed by atoms with Crippen LogP contribution in [0.5, 0.6) is 0 Å². The molecule has 6 aliphatic rings. The number of benzene rings is 1. The van der Waals surface area contributed by atoms with Crippen LogP contribution in [0.2, 0.25) is 0 Å². The van der Waals surface area contributed by atoms with Gasteiger partial charge in [-0.05, 0) is 191 Å². The molecule has 147 heavy (non-hydrogen) atoms. The van der Waals surface area contributed by atoms with Crippen LogP contribution in [-0.4, -0.2) is 353 Å². The van der Waals surface area contributed by atoms with Gasteiger partial charge in [-0.15, -0.1) is 0 Å². The van der Waals surface area contributed by atoms with E-state index in [4.69, 9.17) is 83.7 Å². The van der Waals surface area contributed by atoms with Gasteiger partial charge in [-0.1, -0.05) is 64.4 Å². The lowest BCUT2D eigenvalue weighted by atomic mass is 9.96. The van der Waals surface area contributed by atoms with Crippen molar-refractivity contribution in [3.63, 3.8) is 0 Å². The average molecular weight is 2070 g/mol. The third kappa shape index (κ3) is 38.2. The molecule has 0 unspecified atom stereocenters. The van der Waals surface area contributed by atoms with E-state index in [0.29, 0.717) is 56.9 Å². The minimum Gasteiger partial charge on any atom is -0.480 e. The van der Waals surface area contributed by atoms with Gasteiger partial charge in [0.1, 0.15) is 90.6 Å². The molecule has 6 fully saturated rings. The Morgan fingerprint density at radius 3 is 0.946 bits per heavy atom. The van der Waals surface area contributed by atoms with Crippen LogP contribution in [0.4, 0.5) is 0 Å². The van der Waals surface area contributed by atoms with E-state index < -0.39 is 197 Å². The van der Waals surface area contributed by atoms with Crippen LogP contribution in [0.25, 0.3) is 0 Å². The smallest absolute Gasteiger partial charge is 0.326 e. The van der Waals surface area contributed by atoms with Crippen molar-refractivity contribution in [1.29, 1.82) is 37.9 Å². The van der Waals surface area contributed by atoms with Gasteiger partial charge in [-0.3, -0.25) is 110 Å². The number of carboxylic acid groups (broad SMARTS) is 1. The molecule has 15 amide bonds. The highest BCUT2D eigenvalue weighted by atomic mass is 16.4. The molecule has 0 saturated carbocycles. The quantitative estimate of drug-likeness (QED) is 0.0164. The fourth-order valence-corrected chi connectivity index (χ4v) is 19.3. The molecular weight excluding hydrogens is 1910 g/mol. The number of guanidine groups is 7. The van der Waals surface area contributed by atoms with Crippen LogP contribution in [0.3, 0.4) is 0 Å². The predicted molar refractivity (Wildman–Crippen MR) is 545 cm³/mol. The van der Waals surface area contributed by atoms with Crippen molar-refractivity contribution in [2.75, 3.05) is 85.1 Å². The van der Waals surface area contributed by atoms with Gasteiger partial charge in [0.2, 0.25) is 88.6 Å². The predicted octanol–water partition coefficient (Wildman–Crippen LogP) is -7.11. The maximum absolute atomic E-state index is 15.5. The number of rotatable bonds is 59. The number of carbonyl (C=O) groups is 16. The second-order valence-electron chi connectivity index (χ2n) is 38.6. The summed E-state index contributed by atoms with van der Waals surface area (Å²) in [5.41, 5.74) is 45.6. The van der Waals surface area contributed by atoms with Crippen molar-refractivity contribution < 1.29 is 81.8 Å². The maximum Gasteiger partial charge on any atom is 0.326 e. The first-order valence-corrected chi connectivity index (χ1v) is 51.1. The summed E-state index contributed by atoms with van der Waals surface area (Å²) in [6.07, 6.45) is 4.14. The van der Waals surface area contributed by atoms with E-state index in [0.717, 1.165) is 0 Å². The van der Waals surface area contributed by atoms with Crippen molar-refractivity contribution in [1.82, 2.24) is 114 Å². The zero-order chi connectivity index (χ0) is 108. The van der Waals surface area contributed by atoms with Gasteiger partial charge in [0.25, 0.3) is 0 Å². The van der Waals surface area contributed by atoms with Gasteiger partial charge in [0, 0.05) is 91.5 Å². The van der Waals surface area contributed by atoms with Crippen LogP contribution < -0.4 is 131 Å². The van der Waals surface area contributed by atoms with Crippen LogP contribution in [-0.2, 0) is 83.1 Å². The Hall–Kier alpha value is -14.4. The Balaban J connectivity index is 1.06. The Morgan fingerprint density at radius 1 is 0.327 bits per heavy atom. The largest absolute Gasteiger partial charge is 0.480 e. The van der Waals surface area contributed by atoms with Crippen molar-refractivity contribution in [2.24, 2.45) is 57.7 Å². The Labute approximate surface area is 855 Å². The zero-order valence-corrected chi connectivity index (χ0v) is 84.8. The summed E-state index contributed by atoms with van der Waals surface area (Å²) < 4.78 is 0. The summed E-state index contributed by atoms with van der Waals surface area (Å²) in [5, 5.41) is 107. The van der Waals surface area contributed by atoms with Crippen LogP contribution in [0, 0.1) is 49.7 Å². The molecule has 40 N–H and O–H groups in total. The normalized spacial score (nSPS) is 19.6.